The molecule has 2 amide bonds. The van der Waals surface area contributed by atoms with E-state index in [-0.39, 0.29) is 37.1 Å². The molecular weight excluding hydrogens is 865 g/mol. The lowest BCUT2D eigenvalue weighted by Crippen LogP contribution is -2.37. The highest BCUT2D eigenvalue weighted by Gasteiger charge is 2.38. The van der Waals surface area contributed by atoms with E-state index < -0.39 is 0 Å². The van der Waals surface area contributed by atoms with Gasteiger partial charge in [0.1, 0.15) is 19.5 Å². The number of nitrogens with one attached hydrogen (secondary N) is 1. The molecule has 9 rings (SSSR count). The first kappa shape index (κ1) is 46.1. The van der Waals surface area contributed by atoms with E-state index in [0.717, 1.165) is 52.1 Å². The maximum atomic E-state index is 14.1. The number of fused-ring (bicyclic) bond motifs is 8. The minimum atomic E-state index is -0.195. The van der Waals surface area contributed by atoms with Gasteiger partial charge in [-0.1, -0.05) is 36.4 Å². The summed E-state index contributed by atoms with van der Waals surface area (Å²) in [6.45, 7) is 4.17. The normalized spacial score (nSPS) is 16.2. The number of carbonyl (C=O) groups excluding carboxylic acids is 3. The molecule has 0 saturated heterocycles. The molecule has 0 unspecified atom stereocenters. The first-order valence-electron chi connectivity index (χ1n) is 23.1. The predicted octanol–water partition coefficient (Wildman–Crippen LogP) is 7.47. The number of para-hydroxylation sites is 2. The van der Waals surface area contributed by atoms with E-state index in [0.29, 0.717) is 111 Å². The summed E-state index contributed by atoms with van der Waals surface area (Å²) >= 11 is 0. The van der Waals surface area contributed by atoms with E-state index in [1.165, 1.54) is 0 Å². The van der Waals surface area contributed by atoms with Crippen LogP contribution in [0.15, 0.2) is 101 Å². The van der Waals surface area contributed by atoms with E-state index in [1.54, 1.807) is 48.3 Å². The van der Waals surface area contributed by atoms with Gasteiger partial charge in [0.2, 0.25) is 0 Å². The summed E-state index contributed by atoms with van der Waals surface area (Å²) < 4.78 is 36.4. The number of aliphatic imine (C=N–C) groups is 2. The standard InChI is InChI=1S/C53H56N6O9/c1-54-14-18-65-20-21-66-19-16-57(15-8-9-17-60)39-23-35(33-67-50-29-44-42(27-48(50)63-2)52(61)58-40(31-55-44)25-37-10-4-6-12-46(37)58)22-36(24-39)34-68-51-30-45-43(28-49(51)64-3)53(62)59-41(32-56-45)26-38-11-5-7-13-47(38)59/h4-7,10-13,17,22-24,27-32,40-41,54H,8-9,14-16,18-21,25-26,33-34H2,1-3H3/t40-,41-/m0/s1. The quantitative estimate of drug-likeness (QED) is 0.0544. The maximum absolute atomic E-state index is 14.1. The van der Waals surface area contributed by atoms with Crippen molar-refractivity contribution in [2.45, 2.75) is 51.0 Å². The maximum Gasteiger partial charge on any atom is 0.261 e. The molecule has 68 heavy (non-hydrogen) atoms. The van der Waals surface area contributed by atoms with Gasteiger partial charge in [-0.05, 0) is 78.2 Å². The molecule has 2 atom stereocenters. The monoisotopic (exact) mass is 920 g/mol. The molecule has 15 heteroatoms. The van der Waals surface area contributed by atoms with Gasteiger partial charge in [-0.2, -0.15) is 0 Å². The number of ether oxygens (including phenoxy) is 6. The zero-order valence-electron chi connectivity index (χ0n) is 38.6. The third-order valence-corrected chi connectivity index (χ3v) is 12.6. The molecule has 4 heterocycles. The highest BCUT2D eigenvalue weighted by atomic mass is 16.5. The summed E-state index contributed by atoms with van der Waals surface area (Å²) in [5.41, 5.74) is 8.40. The molecule has 0 spiro atoms. The van der Waals surface area contributed by atoms with Crippen LogP contribution in [0.5, 0.6) is 23.0 Å². The van der Waals surface area contributed by atoms with Crippen LogP contribution in [0.2, 0.25) is 0 Å². The van der Waals surface area contributed by atoms with Crippen molar-refractivity contribution in [2.24, 2.45) is 9.98 Å². The summed E-state index contributed by atoms with van der Waals surface area (Å²) in [7, 11) is 4.99. The number of aldehydes is 1. The van der Waals surface area contributed by atoms with Crippen molar-refractivity contribution in [3.63, 3.8) is 0 Å². The first-order valence-corrected chi connectivity index (χ1v) is 23.1. The van der Waals surface area contributed by atoms with Crippen LogP contribution in [0.4, 0.5) is 28.4 Å². The summed E-state index contributed by atoms with van der Waals surface area (Å²) in [4.78, 5) is 55.0. The van der Waals surface area contributed by atoms with Crippen LogP contribution in [0.1, 0.15) is 55.8 Å². The number of nitrogens with zero attached hydrogens (tertiary/aromatic N) is 5. The molecule has 0 fully saturated rings. The zero-order chi connectivity index (χ0) is 47.0. The fraction of sp³-hybridized carbons (Fsp3) is 0.340. The van der Waals surface area contributed by atoms with Crippen molar-refractivity contribution in [1.29, 1.82) is 0 Å². The first-order chi connectivity index (χ1) is 33.4. The van der Waals surface area contributed by atoms with Gasteiger partial charge >= 0.3 is 0 Å². The Morgan fingerprint density at radius 3 is 1.71 bits per heavy atom. The Bertz CT molecular complexity index is 2560. The highest BCUT2D eigenvalue weighted by Crippen LogP contribution is 2.43. The predicted molar refractivity (Wildman–Crippen MR) is 262 cm³/mol. The number of likely N-dealkylation sites (N-methyl/N-ethyl adjacent to an activating group) is 1. The summed E-state index contributed by atoms with van der Waals surface area (Å²) in [6, 6.07) is 28.6. The number of unbranched alkanes of at least 4 members (excludes halogenated alkanes) is 1. The molecule has 0 bridgehead atoms. The summed E-state index contributed by atoms with van der Waals surface area (Å²) in [5.74, 6) is 1.38. The Kier molecular flexibility index (Phi) is 14.4. The van der Waals surface area contributed by atoms with Gasteiger partial charge in [0.25, 0.3) is 11.8 Å². The van der Waals surface area contributed by atoms with Crippen LogP contribution in [0.25, 0.3) is 0 Å². The fourth-order valence-electron chi connectivity index (χ4n) is 9.20. The minimum Gasteiger partial charge on any atom is -0.493 e. The topological polar surface area (TPSA) is 153 Å². The second-order valence-electron chi connectivity index (χ2n) is 17.0. The van der Waals surface area contributed by atoms with Crippen molar-refractivity contribution in [3.05, 3.63) is 124 Å². The van der Waals surface area contributed by atoms with Crippen molar-refractivity contribution >= 4 is 59.0 Å². The number of anilines is 3. The second-order valence-corrected chi connectivity index (χ2v) is 17.0. The zero-order valence-corrected chi connectivity index (χ0v) is 38.6. The molecule has 4 aliphatic heterocycles. The van der Waals surface area contributed by atoms with E-state index in [9.17, 15) is 14.4 Å². The minimum absolute atomic E-state index is 0.137. The summed E-state index contributed by atoms with van der Waals surface area (Å²) in [6.07, 6.45) is 7.04. The van der Waals surface area contributed by atoms with E-state index in [2.05, 4.69) is 22.3 Å². The number of amides is 2. The highest BCUT2D eigenvalue weighted by molar-refractivity contribution is 6.15. The Hall–Kier alpha value is -7.07. The van der Waals surface area contributed by atoms with Crippen LogP contribution < -0.4 is 39.0 Å². The largest absolute Gasteiger partial charge is 0.493 e. The molecule has 4 aliphatic rings. The number of rotatable bonds is 22. The van der Waals surface area contributed by atoms with Gasteiger partial charge in [0, 0.05) is 80.5 Å². The van der Waals surface area contributed by atoms with Crippen LogP contribution in [-0.2, 0) is 40.3 Å². The van der Waals surface area contributed by atoms with Gasteiger partial charge in [0.05, 0.1) is 75.2 Å². The molecule has 0 radical (unpaired) electrons. The number of carbonyl (C=O) groups is 3. The van der Waals surface area contributed by atoms with Crippen molar-refractivity contribution in [1.82, 2.24) is 5.32 Å². The molecule has 0 aliphatic carbocycles. The molecular formula is C53H56N6O9. The smallest absolute Gasteiger partial charge is 0.261 e. The second kappa shape index (κ2) is 21.3. The SMILES string of the molecule is CNCCOCCOCCN(CCCC=O)c1cc(COc2cc3c(cc2OC)C(=O)N2c4ccccc4C[C@H]2C=N3)cc(COc2cc3c(cc2OC)C(=O)N2c4ccccc4C[C@H]2C=N3)c1. The Morgan fingerprint density at radius 2 is 1.19 bits per heavy atom. The third kappa shape index (κ3) is 9.82. The van der Waals surface area contributed by atoms with Gasteiger partial charge in [-0.25, -0.2) is 0 Å². The number of hydrogen-bond donors (Lipinski definition) is 1. The molecule has 5 aromatic rings. The average molecular weight is 921 g/mol. The number of benzene rings is 5. The summed E-state index contributed by atoms with van der Waals surface area (Å²) in [5, 5.41) is 3.07. The van der Waals surface area contributed by atoms with Crippen molar-refractivity contribution in [2.75, 3.05) is 82.0 Å². The van der Waals surface area contributed by atoms with E-state index in [1.807, 2.05) is 74.1 Å². The van der Waals surface area contributed by atoms with Gasteiger partial charge in [-0.3, -0.25) is 29.4 Å². The lowest BCUT2D eigenvalue weighted by molar-refractivity contribution is -0.107. The molecule has 1 N–H and O–H groups in total. The van der Waals surface area contributed by atoms with Crippen LogP contribution in [0.3, 0.4) is 0 Å². The van der Waals surface area contributed by atoms with Crippen molar-refractivity contribution in [3.8, 4) is 23.0 Å². The van der Waals surface area contributed by atoms with E-state index in [4.69, 9.17) is 38.4 Å². The number of methoxy groups -OCH3 is 2. The van der Waals surface area contributed by atoms with Gasteiger partial charge < -0.3 is 43.4 Å². The third-order valence-electron chi connectivity index (χ3n) is 12.6. The van der Waals surface area contributed by atoms with Crippen LogP contribution in [-0.4, -0.2) is 110 Å². The van der Waals surface area contributed by atoms with Crippen molar-refractivity contribution < 1.29 is 42.8 Å². The number of hydrogen-bond acceptors (Lipinski definition) is 13. The fourth-order valence-corrected chi connectivity index (χ4v) is 9.20. The van der Waals surface area contributed by atoms with Gasteiger partial charge in [0.15, 0.2) is 23.0 Å². The molecule has 5 aromatic carbocycles. The Labute approximate surface area is 396 Å². The average Bonchev–Trinajstić information content (AvgIpc) is 3.86. The molecule has 15 nitrogen and oxygen atoms in total. The van der Waals surface area contributed by atoms with E-state index >= 15 is 0 Å². The Morgan fingerprint density at radius 1 is 0.662 bits per heavy atom. The molecule has 0 saturated carbocycles. The lowest BCUT2D eigenvalue weighted by Gasteiger charge is -2.26. The molecule has 0 aromatic heterocycles. The lowest BCUT2D eigenvalue weighted by atomic mass is 10.1. The van der Waals surface area contributed by atoms with Gasteiger partial charge in [-0.15, -0.1) is 0 Å². The Balaban J connectivity index is 0.983. The van der Waals surface area contributed by atoms with Crippen LogP contribution in [0, 0.1) is 0 Å². The molecule has 352 valence electrons. The van der Waals surface area contributed by atoms with Crippen LogP contribution >= 0.6 is 0 Å².